The fourth-order valence-electron chi connectivity index (χ4n) is 7.68. The van der Waals surface area contributed by atoms with Gasteiger partial charge in [-0.1, -0.05) is 29.8 Å². The van der Waals surface area contributed by atoms with Gasteiger partial charge in [0.15, 0.2) is 0 Å². The molecule has 6 rings (SSSR count). The van der Waals surface area contributed by atoms with Crippen LogP contribution in [0.15, 0.2) is 36.4 Å². The minimum absolute atomic E-state index is 0.0412. The smallest absolute Gasteiger partial charge is 0.397 e. The van der Waals surface area contributed by atoms with Crippen LogP contribution < -0.4 is 11.1 Å². The first-order valence-corrected chi connectivity index (χ1v) is 17.5. The van der Waals surface area contributed by atoms with Crippen LogP contribution in [0.1, 0.15) is 48.8 Å². The Bertz CT molecular complexity index is 1520. The number of nitrogens with zero attached hydrogens (tertiary/aromatic N) is 4. The van der Waals surface area contributed by atoms with Crippen LogP contribution in [0.25, 0.3) is 0 Å². The normalized spacial score (nSPS) is 20.8. The van der Waals surface area contributed by atoms with Crippen LogP contribution in [0.5, 0.6) is 0 Å². The maximum absolute atomic E-state index is 14.0. The number of rotatable bonds is 7. The van der Waals surface area contributed by atoms with Crippen LogP contribution in [-0.2, 0) is 33.3 Å². The molecule has 2 aromatic carbocycles. The molecule has 4 amide bonds. The number of piperidine rings is 1. The van der Waals surface area contributed by atoms with E-state index in [1.165, 1.54) is 6.07 Å². The van der Waals surface area contributed by atoms with E-state index in [-0.39, 0.29) is 47.3 Å². The van der Waals surface area contributed by atoms with E-state index in [9.17, 15) is 27.6 Å². The number of alkyl halides is 3. The van der Waals surface area contributed by atoms with E-state index in [0.717, 1.165) is 49.8 Å². The number of hydrogen-bond donors (Lipinski definition) is 2. The Morgan fingerprint density at radius 1 is 0.939 bits per heavy atom. The van der Waals surface area contributed by atoms with Gasteiger partial charge in [0.2, 0.25) is 11.8 Å². The lowest BCUT2D eigenvalue weighted by Gasteiger charge is -2.41. The van der Waals surface area contributed by atoms with Crippen molar-refractivity contribution in [2.75, 3.05) is 70.1 Å². The van der Waals surface area contributed by atoms with E-state index in [1.807, 2.05) is 29.2 Å². The molecular weight excluding hydrogens is 661 g/mol. The Balaban J connectivity index is 1.12. The summed E-state index contributed by atoms with van der Waals surface area (Å²) >= 11 is 6.14. The van der Waals surface area contributed by atoms with Crippen LogP contribution >= 0.6 is 11.6 Å². The van der Waals surface area contributed by atoms with Crippen LogP contribution in [0, 0.1) is 5.92 Å². The van der Waals surface area contributed by atoms with Crippen molar-refractivity contribution in [3.63, 3.8) is 0 Å². The van der Waals surface area contributed by atoms with Gasteiger partial charge < -0.3 is 30.5 Å². The summed E-state index contributed by atoms with van der Waals surface area (Å²) in [5, 5.41) is 2.77. The zero-order valence-electron chi connectivity index (χ0n) is 27.5. The summed E-state index contributed by atoms with van der Waals surface area (Å²) in [5.41, 5.74) is 6.15. The van der Waals surface area contributed by atoms with Crippen LogP contribution in [0.2, 0.25) is 5.02 Å². The summed E-state index contributed by atoms with van der Waals surface area (Å²) in [5.74, 6) is -1.37. The summed E-state index contributed by atoms with van der Waals surface area (Å²) in [6.45, 7) is 5.16. The van der Waals surface area contributed by atoms with Crippen LogP contribution in [0.3, 0.4) is 0 Å². The van der Waals surface area contributed by atoms with E-state index in [0.29, 0.717) is 64.7 Å². The molecule has 0 aromatic heterocycles. The lowest BCUT2D eigenvalue weighted by Crippen LogP contribution is -2.54. The average Bonchev–Trinajstić information content (AvgIpc) is 3.27. The van der Waals surface area contributed by atoms with Crippen molar-refractivity contribution >= 4 is 40.8 Å². The van der Waals surface area contributed by atoms with E-state index < -0.39 is 23.3 Å². The molecule has 0 aliphatic carbocycles. The number of amides is 4. The highest BCUT2D eigenvalue weighted by Crippen LogP contribution is 2.38. The molecule has 0 bridgehead atoms. The zero-order valence-corrected chi connectivity index (χ0v) is 28.3. The van der Waals surface area contributed by atoms with Crippen molar-refractivity contribution < 1.29 is 32.3 Å². The number of carbonyl (C=O) groups is 3. The Morgan fingerprint density at radius 2 is 1.63 bits per heavy atom. The summed E-state index contributed by atoms with van der Waals surface area (Å²) in [6, 6.07) is 10.2. The Labute approximate surface area is 289 Å². The first-order chi connectivity index (χ1) is 23.5. The number of hydrogen-bond acceptors (Lipinski definition) is 6. The van der Waals surface area contributed by atoms with Gasteiger partial charge in [-0.2, -0.15) is 13.2 Å². The maximum atomic E-state index is 14.0. The molecule has 4 aliphatic heterocycles. The first kappa shape index (κ1) is 35.3. The molecule has 1 atom stereocenters. The molecule has 0 radical (unpaired) electrons. The number of halogens is 4. The average molecular weight is 705 g/mol. The van der Waals surface area contributed by atoms with Gasteiger partial charge in [-0.25, -0.2) is 4.79 Å². The van der Waals surface area contributed by atoms with Gasteiger partial charge in [-0.3, -0.25) is 14.5 Å². The Morgan fingerprint density at radius 3 is 2.33 bits per heavy atom. The number of likely N-dealkylation sites (tertiary alicyclic amines) is 1. The Kier molecular flexibility index (Phi) is 10.9. The van der Waals surface area contributed by atoms with Gasteiger partial charge in [0.1, 0.15) is 0 Å². The van der Waals surface area contributed by atoms with Gasteiger partial charge in [0.25, 0.3) is 0 Å². The second-order valence-electron chi connectivity index (χ2n) is 13.5. The van der Waals surface area contributed by atoms with E-state index in [2.05, 4.69) is 10.2 Å². The zero-order chi connectivity index (χ0) is 34.7. The molecule has 1 unspecified atom stereocenters. The molecule has 14 heteroatoms. The SMILES string of the molecule is Nc1c(Cl)cc(CC(CC(=O)N2CCC(N3CCc4ccccc4NC3=O)CC2)C(=O)N2CCN(C3CCOCC3)CC2)cc1C(F)(F)F. The molecule has 2 aromatic rings. The molecule has 4 aliphatic rings. The van der Waals surface area contributed by atoms with Gasteiger partial charge in [-0.05, 0) is 67.9 Å². The van der Waals surface area contributed by atoms with Crippen molar-refractivity contribution in [3.05, 3.63) is 58.1 Å². The molecule has 10 nitrogen and oxygen atoms in total. The third-order valence-electron chi connectivity index (χ3n) is 10.5. The molecule has 3 saturated heterocycles. The monoisotopic (exact) mass is 704 g/mol. The molecule has 4 heterocycles. The molecule has 3 N–H and O–H groups in total. The molecule has 49 heavy (non-hydrogen) atoms. The third kappa shape index (κ3) is 8.26. The van der Waals surface area contributed by atoms with Crippen LogP contribution in [-0.4, -0.2) is 109 Å². The first-order valence-electron chi connectivity index (χ1n) is 17.2. The highest BCUT2D eigenvalue weighted by Gasteiger charge is 2.37. The number of fused-ring (bicyclic) bond motifs is 1. The molecule has 0 saturated carbocycles. The predicted octanol–water partition coefficient (Wildman–Crippen LogP) is 4.89. The maximum Gasteiger partial charge on any atom is 0.418 e. The summed E-state index contributed by atoms with van der Waals surface area (Å²) in [4.78, 5) is 48.5. The minimum Gasteiger partial charge on any atom is -0.397 e. The number of nitrogens with two attached hydrogens (primary N) is 1. The summed E-state index contributed by atoms with van der Waals surface area (Å²) in [7, 11) is 0. The lowest BCUT2D eigenvalue weighted by molar-refractivity contribution is -0.143. The van der Waals surface area contributed by atoms with Gasteiger partial charge in [0, 0.05) is 83.2 Å². The minimum atomic E-state index is -4.73. The number of benzene rings is 2. The fraction of sp³-hybridized carbons (Fsp3) is 0.571. The molecule has 0 spiro atoms. The van der Waals surface area contributed by atoms with Gasteiger partial charge >= 0.3 is 12.2 Å². The van der Waals surface area contributed by atoms with Gasteiger partial charge in [-0.15, -0.1) is 0 Å². The molecule has 266 valence electrons. The second kappa shape index (κ2) is 15.1. The van der Waals surface area contributed by atoms with Crippen molar-refractivity contribution in [3.8, 4) is 0 Å². The third-order valence-corrected chi connectivity index (χ3v) is 10.8. The molecule has 3 fully saturated rings. The van der Waals surface area contributed by atoms with Crippen molar-refractivity contribution in [2.24, 2.45) is 5.92 Å². The standard InChI is InChI=1S/C35H44ClF3N6O4/c36-29-21-23(20-28(32(29)40)35(37,38)39)19-25(33(47)44-15-13-42(14-16-44)26-8-17-49-18-9-26)22-31(46)43-10-6-27(7-11-43)45-12-5-24-3-1-2-4-30(24)41-34(45)48/h1-4,20-21,25-27H,5-19,22,40H2,(H,41,48). The number of nitrogens with one attached hydrogen (secondary N) is 1. The summed E-state index contributed by atoms with van der Waals surface area (Å²) < 4.78 is 46.9. The quantitative estimate of drug-likeness (QED) is 0.397. The lowest BCUT2D eigenvalue weighted by atomic mass is 9.91. The van der Waals surface area contributed by atoms with Gasteiger partial charge in [0.05, 0.1) is 22.2 Å². The van der Waals surface area contributed by atoms with Crippen molar-refractivity contribution in [2.45, 2.75) is 63.2 Å². The van der Waals surface area contributed by atoms with Crippen molar-refractivity contribution in [1.29, 1.82) is 0 Å². The van der Waals surface area contributed by atoms with E-state index >= 15 is 0 Å². The summed E-state index contributed by atoms with van der Waals surface area (Å²) in [6.07, 6.45) is -1.17. The van der Waals surface area contributed by atoms with Crippen molar-refractivity contribution in [1.82, 2.24) is 19.6 Å². The highest BCUT2D eigenvalue weighted by molar-refractivity contribution is 6.33. The topological polar surface area (TPSA) is 111 Å². The fourth-order valence-corrected chi connectivity index (χ4v) is 7.92. The second-order valence-corrected chi connectivity index (χ2v) is 13.9. The number of nitrogen functional groups attached to an aromatic ring is 1. The largest absolute Gasteiger partial charge is 0.418 e. The van der Waals surface area contributed by atoms with E-state index in [4.69, 9.17) is 22.1 Å². The van der Waals surface area contributed by atoms with Crippen LogP contribution in [0.4, 0.5) is 29.3 Å². The number of para-hydroxylation sites is 1. The number of urea groups is 1. The number of carbonyl (C=O) groups excluding carboxylic acids is 3. The number of ether oxygens (including phenoxy) is 1. The Hall–Kier alpha value is -3.55. The molecular formula is C35H44ClF3N6O4. The predicted molar refractivity (Wildman–Crippen MR) is 180 cm³/mol. The highest BCUT2D eigenvalue weighted by atomic mass is 35.5. The number of anilines is 2. The number of piperazine rings is 1. The van der Waals surface area contributed by atoms with E-state index in [1.54, 1.807) is 9.80 Å².